The summed E-state index contributed by atoms with van der Waals surface area (Å²) in [5.41, 5.74) is 1.76. The fourth-order valence-corrected chi connectivity index (χ4v) is 4.56. The first-order valence-electron chi connectivity index (χ1n) is 10.7. The molecule has 1 amide bonds. The molecule has 0 aliphatic heterocycles. The van der Waals surface area contributed by atoms with E-state index in [1.54, 1.807) is 35.8 Å². The molecule has 0 spiro atoms. The minimum absolute atomic E-state index is 0.0912. The Morgan fingerprint density at radius 2 is 1.69 bits per heavy atom. The van der Waals surface area contributed by atoms with Crippen LogP contribution in [0.1, 0.15) is 0 Å². The molecule has 3 aromatic carbocycles. The van der Waals surface area contributed by atoms with E-state index in [9.17, 15) is 9.59 Å². The number of carbonyl (C=O) groups is 1. The summed E-state index contributed by atoms with van der Waals surface area (Å²) in [6.07, 6.45) is 0. The van der Waals surface area contributed by atoms with E-state index in [0.29, 0.717) is 44.7 Å². The summed E-state index contributed by atoms with van der Waals surface area (Å²) in [6.45, 7) is 0. The lowest BCUT2D eigenvalue weighted by Gasteiger charge is -2.11. The average Bonchev–Trinajstić information content (AvgIpc) is 3.32. The third kappa shape index (κ3) is 4.19. The second-order valence-corrected chi connectivity index (χ2v) is 8.46. The Bertz CT molecular complexity index is 1600. The van der Waals surface area contributed by atoms with Crippen LogP contribution in [0, 0.1) is 0 Å². The molecule has 1 N–H and O–H groups in total. The molecule has 0 radical (unpaired) electrons. The topological polar surface area (TPSA) is 99.7 Å². The Morgan fingerprint density at radius 3 is 2.46 bits per heavy atom. The van der Waals surface area contributed by atoms with E-state index < -0.39 is 0 Å². The highest BCUT2D eigenvalue weighted by molar-refractivity contribution is 7.99. The van der Waals surface area contributed by atoms with E-state index in [1.165, 1.54) is 23.4 Å². The van der Waals surface area contributed by atoms with Crippen LogP contribution in [0.2, 0.25) is 0 Å². The molecule has 0 aliphatic carbocycles. The number of methoxy groups -OCH3 is 2. The SMILES string of the molecule is COc1ccc(NC(=O)CSc2nnc3n(-c4ccccc4)c(=O)c4ccccc4n23)cc1OC. The molecular weight excluding hydrogens is 466 g/mol. The maximum Gasteiger partial charge on any atom is 0.267 e. The fraction of sp³-hybridized carbons (Fsp3) is 0.120. The highest BCUT2D eigenvalue weighted by atomic mass is 32.2. The van der Waals surface area contributed by atoms with Gasteiger partial charge in [0.1, 0.15) is 0 Å². The van der Waals surface area contributed by atoms with Crippen molar-refractivity contribution >= 4 is 40.0 Å². The molecule has 5 aromatic rings. The average molecular weight is 488 g/mol. The van der Waals surface area contributed by atoms with Crippen LogP contribution in [-0.2, 0) is 4.79 Å². The smallest absolute Gasteiger partial charge is 0.267 e. The molecule has 0 saturated heterocycles. The van der Waals surface area contributed by atoms with Crippen molar-refractivity contribution in [2.24, 2.45) is 0 Å². The second kappa shape index (κ2) is 9.51. The molecule has 0 fully saturated rings. The van der Waals surface area contributed by atoms with Crippen LogP contribution in [0.3, 0.4) is 0 Å². The molecular formula is C25H21N5O4S. The molecule has 0 bridgehead atoms. The third-order valence-electron chi connectivity index (χ3n) is 5.41. The number of benzene rings is 3. The molecule has 5 rings (SSSR count). The summed E-state index contributed by atoms with van der Waals surface area (Å²) in [7, 11) is 3.09. The van der Waals surface area contributed by atoms with Crippen molar-refractivity contribution < 1.29 is 14.3 Å². The molecule has 0 unspecified atom stereocenters. The van der Waals surface area contributed by atoms with Gasteiger partial charge in [-0.15, -0.1) is 10.2 Å². The number of ether oxygens (including phenoxy) is 2. The first-order valence-corrected chi connectivity index (χ1v) is 11.7. The number of hydrogen-bond acceptors (Lipinski definition) is 7. The monoisotopic (exact) mass is 487 g/mol. The van der Waals surface area contributed by atoms with Gasteiger partial charge in [-0.3, -0.25) is 14.0 Å². The normalized spacial score (nSPS) is 11.0. The predicted molar refractivity (Wildman–Crippen MR) is 135 cm³/mol. The number of fused-ring (bicyclic) bond motifs is 3. The Balaban J connectivity index is 1.48. The summed E-state index contributed by atoms with van der Waals surface area (Å²) in [4.78, 5) is 26.0. The van der Waals surface area contributed by atoms with Crippen LogP contribution in [0.25, 0.3) is 22.4 Å². The molecule has 2 heterocycles. The van der Waals surface area contributed by atoms with Gasteiger partial charge in [-0.05, 0) is 36.4 Å². The molecule has 35 heavy (non-hydrogen) atoms. The zero-order valence-corrected chi connectivity index (χ0v) is 19.8. The number of carbonyl (C=O) groups excluding carboxylic acids is 1. The third-order valence-corrected chi connectivity index (χ3v) is 6.34. The highest BCUT2D eigenvalue weighted by Crippen LogP contribution is 2.30. The number of anilines is 1. The van der Waals surface area contributed by atoms with Gasteiger partial charge in [0, 0.05) is 11.8 Å². The van der Waals surface area contributed by atoms with E-state index in [2.05, 4.69) is 15.5 Å². The van der Waals surface area contributed by atoms with Crippen LogP contribution >= 0.6 is 11.8 Å². The van der Waals surface area contributed by atoms with Gasteiger partial charge >= 0.3 is 0 Å². The van der Waals surface area contributed by atoms with Gasteiger partial charge in [0.25, 0.3) is 5.56 Å². The maximum absolute atomic E-state index is 13.3. The standard InChI is InChI=1S/C25H21N5O4S/c1-33-20-13-12-16(14-21(20)34-2)26-22(31)15-35-25-28-27-24-29(17-8-4-3-5-9-17)23(32)18-10-6-7-11-19(18)30(24)25/h3-14H,15H2,1-2H3,(H,26,31). The molecule has 0 saturated carbocycles. The van der Waals surface area contributed by atoms with Gasteiger partial charge in [0.2, 0.25) is 11.7 Å². The van der Waals surface area contributed by atoms with E-state index in [1.807, 2.05) is 48.5 Å². The van der Waals surface area contributed by atoms with Crippen molar-refractivity contribution in [2.45, 2.75) is 5.16 Å². The number of thioether (sulfide) groups is 1. The van der Waals surface area contributed by atoms with Crippen molar-refractivity contribution in [1.82, 2.24) is 19.2 Å². The minimum Gasteiger partial charge on any atom is -0.493 e. The van der Waals surface area contributed by atoms with E-state index in [-0.39, 0.29) is 17.2 Å². The molecule has 0 atom stereocenters. The van der Waals surface area contributed by atoms with Gasteiger partial charge in [-0.1, -0.05) is 42.1 Å². The molecule has 176 valence electrons. The fourth-order valence-electron chi connectivity index (χ4n) is 3.82. The minimum atomic E-state index is -0.223. The summed E-state index contributed by atoms with van der Waals surface area (Å²) >= 11 is 1.23. The molecule has 9 nitrogen and oxygen atoms in total. The Labute approximate surface area is 204 Å². The largest absolute Gasteiger partial charge is 0.493 e. The Kier molecular flexibility index (Phi) is 6.11. The lowest BCUT2D eigenvalue weighted by molar-refractivity contribution is -0.113. The number of para-hydroxylation sites is 2. The van der Waals surface area contributed by atoms with Crippen LogP contribution < -0.4 is 20.3 Å². The molecule has 10 heteroatoms. The quantitative estimate of drug-likeness (QED) is 0.349. The van der Waals surface area contributed by atoms with Crippen molar-refractivity contribution in [3.63, 3.8) is 0 Å². The summed E-state index contributed by atoms with van der Waals surface area (Å²) in [5, 5.41) is 12.5. The Hall–Kier alpha value is -4.31. The van der Waals surface area contributed by atoms with Crippen molar-refractivity contribution in [1.29, 1.82) is 0 Å². The van der Waals surface area contributed by atoms with Crippen LogP contribution in [-0.4, -0.2) is 45.0 Å². The van der Waals surface area contributed by atoms with Gasteiger partial charge in [-0.2, -0.15) is 0 Å². The van der Waals surface area contributed by atoms with E-state index in [0.717, 1.165) is 0 Å². The van der Waals surface area contributed by atoms with E-state index in [4.69, 9.17) is 9.47 Å². The summed E-state index contributed by atoms with van der Waals surface area (Å²) in [6, 6.07) is 21.7. The second-order valence-electron chi connectivity index (χ2n) is 7.52. The van der Waals surface area contributed by atoms with Crippen LogP contribution in [0.5, 0.6) is 11.5 Å². The zero-order chi connectivity index (χ0) is 24.4. The molecule has 0 aliphatic rings. The first-order chi connectivity index (χ1) is 17.1. The van der Waals surface area contributed by atoms with Gasteiger partial charge in [0.05, 0.1) is 36.6 Å². The number of hydrogen-bond donors (Lipinski definition) is 1. The van der Waals surface area contributed by atoms with Crippen LogP contribution in [0.15, 0.2) is 82.7 Å². The number of rotatable bonds is 7. The summed E-state index contributed by atoms with van der Waals surface area (Å²) in [5.74, 6) is 1.34. The zero-order valence-electron chi connectivity index (χ0n) is 19.0. The number of amides is 1. The number of nitrogens with zero attached hydrogens (tertiary/aromatic N) is 4. The summed E-state index contributed by atoms with van der Waals surface area (Å²) < 4.78 is 13.9. The maximum atomic E-state index is 13.3. The Morgan fingerprint density at radius 1 is 0.943 bits per heavy atom. The van der Waals surface area contributed by atoms with Gasteiger partial charge in [0.15, 0.2) is 16.7 Å². The lowest BCUT2D eigenvalue weighted by Crippen LogP contribution is -2.21. The van der Waals surface area contributed by atoms with Crippen molar-refractivity contribution in [3.8, 4) is 17.2 Å². The molecule has 2 aromatic heterocycles. The number of nitrogens with one attached hydrogen (secondary N) is 1. The predicted octanol–water partition coefficient (Wildman–Crippen LogP) is 3.78. The van der Waals surface area contributed by atoms with Crippen LogP contribution in [0.4, 0.5) is 5.69 Å². The van der Waals surface area contributed by atoms with Crippen molar-refractivity contribution in [3.05, 3.63) is 83.2 Å². The first kappa shape index (κ1) is 22.5. The van der Waals surface area contributed by atoms with E-state index >= 15 is 0 Å². The lowest BCUT2D eigenvalue weighted by atomic mass is 10.2. The van der Waals surface area contributed by atoms with Crippen molar-refractivity contribution in [2.75, 3.05) is 25.3 Å². The van der Waals surface area contributed by atoms with Gasteiger partial charge < -0.3 is 14.8 Å². The number of aromatic nitrogens is 4. The van der Waals surface area contributed by atoms with Gasteiger partial charge in [-0.25, -0.2) is 4.57 Å². The highest BCUT2D eigenvalue weighted by Gasteiger charge is 2.18.